The van der Waals surface area contributed by atoms with Gasteiger partial charge >= 0.3 is 5.97 Å². The number of rotatable bonds is 6. The quantitative estimate of drug-likeness (QED) is 0.732. The average Bonchev–Trinajstić information content (AvgIpc) is 2.28. The summed E-state index contributed by atoms with van der Waals surface area (Å²) in [5.74, 6) is -2.05. The number of amides is 1. The maximum Gasteiger partial charge on any atom is 0.303 e. The van der Waals surface area contributed by atoms with Gasteiger partial charge in [-0.15, -0.1) is 0 Å². The predicted molar refractivity (Wildman–Crippen MR) is 58.0 cm³/mol. The topological polar surface area (TPSA) is 79.3 Å². The Bertz CT molecular complexity index is 409. The molecule has 0 radical (unpaired) electrons. The minimum absolute atomic E-state index is 0.0572. The van der Waals surface area contributed by atoms with Crippen LogP contribution in [-0.2, 0) is 4.79 Å². The minimum Gasteiger partial charge on any atom is -0.481 e. The zero-order valence-corrected chi connectivity index (χ0v) is 9.15. The van der Waals surface area contributed by atoms with Gasteiger partial charge in [0.2, 0.25) is 0 Å². The highest BCUT2D eigenvalue weighted by atomic mass is 19.1. The molecule has 0 aromatic carbocycles. The number of hydrogen-bond donors (Lipinski definition) is 2. The predicted octanol–water partition coefficient (Wildman–Crippen LogP) is 1.21. The standard InChI is InChI=1S/C11H13FN2O3/c12-9-7-13-6-4-8(9)11(17)14-5-2-1-3-10(15)16/h4,6-7H,1-3,5H2,(H,14,17)(H,15,16). The van der Waals surface area contributed by atoms with E-state index < -0.39 is 17.7 Å². The summed E-state index contributed by atoms with van der Waals surface area (Å²) in [5.41, 5.74) is -0.0572. The third-order valence-electron chi connectivity index (χ3n) is 2.12. The fraction of sp³-hybridized carbons (Fsp3) is 0.364. The summed E-state index contributed by atoms with van der Waals surface area (Å²) in [7, 11) is 0. The zero-order valence-electron chi connectivity index (χ0n) is 9.15. The maximum absolute atomic E-state index is 13.1. The number of carboxylic acid groups (broad SMARTS) is 1. The molecule has 5 nitrogen and oxygen atoms in total. The summed E-state index contributed by atoms with van der Waals surface area (Å²) in [6.45, 7) is 0.327. The molecule has 0 aliphatic heterocycles. The van der Waals surface area contributed by atoms with Crippen LogP contribution in [0.25, 0.3) is 0 Å². The molecule has 1 heterocycles. The molecule has 0 bridgehead atoms. The van der Waals surface area contributed by atoms with E-state index in [4.69, 9.17) is 5.11 Å². The van der Waals surface area contributed by atoms with Gasteiger partial charge < -0.3 is 10.4 Å². The van der Waals surface area contributed by atoms with E-state index in [1.807, 2.05) is 0 Å². The molecule has 0 aliphatic rings. The van der Waals surface area contributed by atoms with Crippen molar-refractivity contribution in [2.75, 3.05) is 6.54 Å². The van der Waals surface area contributed by atoms with Crippen LogP contribution in [0.4, 0.5) is 4.39 Å². The van der Waals surface area contributed by atoms with Crippen molar-refractivity contribution in [2.24, 2.45) is 0 Å². The normalized spacial score (nSPS) is 9.94. The lowest BCUT2D eigenvalue weighted by Gasteiger charge is -2.04. The van der Waals surface area contributed by atoms with Crippen molar-refractivity contribution in [1.82, 2.24) is 10.3 Å². The second kappa shape index (κ2) is 6.57. The Morgan fingerprint density at radius 2 is 2.18 bits per heavy atom. The molecule has 6 heteroatoms. The van der Waals surface area contributed by atoms with E-state index in [-0.39, 0.29) is 12.0 Å². The average molecular weight is 240 g/mol. The van der Waals surface area contributed by atoms with Crippen molar-refractivity contribution in [3.8, 4) is 0 Å². The van der Waals surface area contributed by atoms with Gasteiger partial charge in [0.25, 0.3) is 5.91 Å². The maximum atomic E-state index is 13.1. The van der Waals surface area contributed by atoms with Crippen LogP contribution in [0.5, 0.6) is 0 Å². The number of carbonyl (C=O) groups is 2. The zero-order chi connectivity index (χ0) is 12.7. The number of nitrogens with zero attached hydrogens (tertiary/aromatic N) is 1. The summed E-state index contributed by atoms with van der Waals surface area (Å²) in [4.78, 5) is 25.2. The summed E-state index contributed by atoms with van der Waals surface area (Å²) in [6.07, 6.45) is 3.40. The minimum atomic E-state index is -0.864. The van der Waals surface area contributed by atoms with E-state index in [9.17, 15) is 14.0 Å². The van der Waals surface area contributed by atoms with Crippen LogP contribution in [-0.4, -0.2) is 28.5 Å². The van der Waals surface area contributed by atoms with E-state index in [0.29, 0.717) is 19.4 Å². The van der Waals surface area contributed by atoms with E-state index in [1.54, 1.807) is 0 Å². The molecule has 92 valence electrons. The van der Waals surface area contributed by atoms with Crippen LogP contribution >= 0.6 is 0 Å². The lowest BCUT2D eigenvalue weighted by Crippen LogP contribution is -2.25. The number of carbonyl (C=O) groups excluding carboxylic acids is 1. The van der Waals surface area contributed by atoms with Crippen molar-refractivity contribution in [1.29, 1.82) is 0 Å². The summed E-state index contributed by atoms with van der Waals surface area (Å²) < 4.78 is 13.1. The number of pyridine rings is 1. The molecule has 17 heavy (non-hydrogen) atoms. The van der Waals surface area contributed by atoms with E-state index in [2.05, 4.69) is 10.3 Å². The van der Waals surface area contributed by atoms with Gasteiger partial charge in [0.1, 0.15) is 0 Å². The molecule has 2 N–H and O–H groups in total. The number of carboxylic acids is 1. The fourth-order valence-corrected chi connectivity index (χ4v) is 1.26. The highest BCUT2D eigenvalue weighted by Crippen LogP contribution is 2.04. The molecule has 0 aliphatic carbocycles. The van der Waals surface area contributed by atoms with Crippen LogP contribution < -0.4 is 5.32 Å². The SMILES string of the molecule is O=C(O)CCCCNC(=O)c1ccncc1F. The van der Waals surface area contributed by atoms with Crippen molar-refractivity contribution in [2.45, 2.75) is 19.3 Å². The smallest absolute Gasteiger partial charge is 0.303 e. The van der Waals surface area contributed by atoms with Crippen LogP contribution in [0, 0.1) is 5.82 Å². The third kappa shape index (κ3) is 4.58. The molecule has 0 fully saturated rings. The molecule has 1 aromatic heterocycles. The van der Waals surface area contributed by atoms with Crippen LogP contribution in [0.3, 0.4) is 0 Å². The van der Waals surface area contributed by atoms with E-state index in [0.717, 1.165) is 6.20 Å². The molecule has 0 saturated heterocycles. The lowest BCUT2D eigenvalue weighted by molar-refractivity contribution is -0.137. The Morgan fingerprint density at radius 3 is 2.82 bits per heavy atom. The molecule has 0 spiro atoms. The number of hydrogen-bond acceptors (Lipinski definition) is 3. The van der Waals surface area contributed by atoms with Crippen LogP contribution in [0.2, 0.25) is 0 Å². The van der Waals surface area contributed by atoms with E-state index in [1.165, 1.54) is 12.3 Å². The highest BCUT2D eigenvalue weighted by Gasteiger charge is 2.10. The second-order valence-corrected chi connectivity index (χ2v) is 3.46. The largest absolute Gasteiger partial charge is 0.481 e. The Balaban J connectivity index is 2.31. The first-order chi connectivity index (χ1) is 8.11. The van der Waals surface area contributed by atoms with Crippen LogP contribution in [0.15, 0.2) is 18.5 Å². The van der Waals surface area contributed by atoms with Gasteiger partial charge in [-0.1, -0.05) is 0 Å². The number of unbranched alkanes of at least 4 members (excludes halogenated alkanes) is 1. The molecule has 1 amide bonds. The molecule has 0 saturated carbocycles. The Morgan fingerprint density at radius 1 is 1.41 bits per heavy atom. The Hall–Kier alpha value is -1.98. The van der Waals surface area contributed by atoms with Gasteiger partial charge in [0.05, 0.1) is 11.8 Å². The number of halogens is 1. The number of aromatic nitrogens is 1. The molecular weight excluding hydrogens is 227 g/mol. The van der Waals surface area contributed by atoms with Crippen LogP contribution in [0.1, 0.15) is 29.6 Å². The monoisotopic (exact) mass is 240 g/mol. The first-order valence-electron chi connectivity index (χ1n) is 5.21. The lowest BCUT2D eigenvalue weighted by atomic mass is 10.2. The molecule has 1 aromatic rings. The third-order valence-corrected chi connectivity index (χ3v) is 2.12. The molecular formula is C11H13FN2O3. The van der Waals surface area contributed by atoms with Crippen molar-refractivity contribution < 1.29 is 19.1 Å². The Kier molecular flexibility index (Phi) is 5.06. The number of aliphatic carboxylic acids is 1. The van der Waals surface area contributed by atoms with E-state index >= 15 is 0 Å². The number of nitrogens with one attached hydrogen (secondary N) is 1. The van der Waals surface area contributed by atoms with Gasteiger partial charge in [-0.05, 0) is 18.9 Å². The molecule has 0 atom stereocenters. The first-order valence-corrected chi connectivity index (χ1v) is 5.21. The Labute approximate surface area is 97.7 Å². The summed E-state index contributed by atoms with van der Waals surface area (Å²) in [5, 5.41) is 10.9. The van der Waals surface area contributed by atoms with Gasteiger partial charge in [-0.2, -0.15) is 0 Å². The summed E-state index contributed by atoms with van der Waals surface area (Å²) >= 11 is 0. The molecule has 0 unspecified atom stereocenters. The fourth-order valence-electron chi connectivity index (χ4n) is 1.26. The van der Waals surface area contributed by atoms with Gasteiger partial charge in [-0.3, -0.25) is 14.6 Å². The van der Waals surface area contributed by atoms with Gasteiger partial charge in [0, 0.05) is 19.2 Å². The van der Waals surface area contributed by atoms with Gasteiger partial charge in [0.15, 0.2) is 5.82 Å². The first kappa shape index (κ1) is 13.1. The second-order valence-electron chi connectivity index (χ2n) is 3.46. The summed E-state index contributed by atoms with van der Waals surface area (Å²) in [6, 6.07) is 1.29. The van der Waals surface area contributed by atoms with Crippen molar-refractivity contribution >= 4 is 11.9 Å². The van der Waals surface area contributed by atoms with Gasteiger partial charge in [-0.25, -0.2) is 4.39 Å². The van der Waals surface area contributed by atoms with Crippen molar-refractivity contribution in [3.63, 3.8) is 0 Å². The molecule has 1 rings (SSSR count). The highest BCUT2D eigenvalue weighted by molar-refractivity contribution is 5.94. The van der Waals surface area contributed by atoms with Crippen molar-refractivity contribution in [3.05, 3.63) is 29.8 Å².